The Morgan fingerprint density at radius 2 is 1.71 bits per heavy atom. The number of anilines is 1. The number of aryl methyl sites for hydroxylation is 2. The highest BCUT2D eigenvalue weighted by atomic mass is 32.2. The van der Waals surface area contributed by atoms with Gasteiger partial charge in [-0.25, -0.2) is 21.1 Å². The second kappa shape index (κ2) is 8.97. The first-order chi connectivity index (χ1) is 14.5. The van der Waals surface area contributed by atoms with E-state index in [1.54, 1.807) is 37.3 Å². The van der Waals surface area contributed by atoms with Gasteiger partial charge < -0.3 is 5.32 Å². The third-order valence-corrected chi connectivity index (χ3v) is 7.90. The summed E-state index contributed by atoms with van der Waals surface area (Å²) in [6.07, 6.45) is 2.45. The minimum absolute atomic E-state index is 0.0229. The van der Waals surface area contributed by atoms with Crippen molar-refractivity contribution in [3.05, 3.63) is 59.2 Å². The highest BCUT2D eigenvalue weighted by Crippen LogP contribution is 2.21. The molecule has 1 atom stereocenters. The van der Waals surface area contributed by atoms with Gasteiger partial charge in [0.2, 0.25) is 10.0 Å². The molecule has 1 fully saturated rings. The third-order valence-electron chi connectivity index (χ3n) is 5.26. The fourth-order valence-electron chi connectivity index (χ4n) is 3.47. The lowest BCUT2D eigenvalue weighted by molar-refractivity contribution is 0.0920. The van der Waals surface area contributed by atoms with Crippen molar-refractivity contribution in [3.63, 3.8) is 0 Å². The van der Waals surface area contributed by atoms with Crippen LogP contribution in [-0.2, 0) is 20.0 Å². The average molecular weight is 466 g/mol. The number of nitrogens with one attached hydrogen (secondary N) is 2. The van der Waals surface area contributed by atoms with Crippen LogP contribution in [0.4, 0.5) is 5.69 Å². The summed E-state index contributed by atoms with van der Waals surface area (Å²) >= 11 is 0. The molecule has 1 heterocycles. The van der Waals surface area contributed by atoms with Gasteiger partial charge >= 0.3 is 0 Å². The minimum atomic E-state index is -3.88. The molecule has 1 saturated heterocycles. The van der Waals surface area contributed by atoms with E-state index >= 15 is 0 Å². The maximum Gasteiger partial charge on any atom is 0.261 e. The van der Waals surface area contributed by atoms with Crippen molar-refractivity contribution in [2.75, 3.05) is 24.1 Å². The summed E-state index contributed by atoms with van der Waals surface area (Å²) in [5.41, 5.74) is 2.31. The minimum Gasteiger partial charge on any atom is -0.348 e. The molecule has 1 aliphatic rings. The molecule has 3 rings (SSSR count). The molecule has 0 saturated carbocycles. The molecule has 0 aromatic heterocycles. The van der Waals surface area contributed by atoms with Crippen molar-refractivity contribution in [1.29, 1.82) is 0 Å². The molecule has 0 aliphatic carbocycles. The van der Waals surface area contributed by atoms with Crippen LogP contribution in [-0.4, -0.2) is 52.4 Å². The Morgan fingerprint density at radius 3 is 2.35 bits per heavy atom. The number of hydrogen-bond acceptors (Lipinski definition) is 5. The van der Waals surface area contributed by atoms with Gasteiger partial charge in [0, 0.05) is 30.4 Å². The van der Waals surface area contributed by atoms with Crippen LogP contribution in [0.15, 0.2) is 47.4 Å². The first-order valence-electron chi connectivity index (χ1n) is 9.92. The molecule has 1 aliphatic heterocycles. The molecule has 0 spiro atoms. The summed E-state index contributed by atoms with van der Waals surface area (Å²) in [6, 6.07) is 11.0. The Hall–Kier alpha value is -2.43. The van der Waals surface area contributed by atoms with Gasteiger partial charge in [-0.2, -0.15) is 0 Å². The summed E-state index contributed by atoms with van der Waals surface area (Å²) in [7, 11) is -7.21. The van der Waals surface area contributed by atoms with E-state index in [2.05, 4.69) is 10.0 Å². The second-order valence-corrected chi connectivity index (χ2v) is 11.5. The Balaban J connectivity index is 1.78. The van der Waals surface area contributed by atoms with Crippen LogP contribution >= 0.6 is 0 Å². The van der Waals surface area contributed by atoms with E-state index in [1.165, 1.54) is 16.4 Å². The van der Waals surface area contributed by atoms with Gasteiger partial charge in [-0.3, -0.25) is 9.52 Å². The smallest absolute Gasteiger partial charge is 0.261 e. The van der Waals surface area contributed by atoms with Gasteiger partial charge in [-0.15, -0.1) is 0 Å². The van der Waals surface area contributed by atoms with Crippen molar-refractivity contribution in [2.24, 2.45) is 0 Å². The fraction of sp³-hybridized carbons (Fsp3) is 0.381. The van der Waals surface area contributed by atoms with Crippen LogP contribution in [0.3, 0.4) is 0 Å². The average Bonchev–Trinajstić information content (AvgIpc) is 2.69. The molecule has 2 N–H and O–H groups in total. The molecule has 8 nitrogen and oxygen atoms in total. The van der Waals surface area contributed by atoms with Crippen LogP contribution in [0.2, 0.25) is 0 Å². The van der Waals surface area contributed by atoms with Crippen LogP contribution in [0, 0.1) is 13.8 Å². The van der Waals surface area contributed by atoms with Gasteiger partial charge in [-0.05, 0) is 56.5 Å². The molecular weight excluding hydrogens is 438 g/mol. The Kier molecular flexibility index (Phi) is 6.73. The number of piperidine rings is 1. The predicted octanol–water partition coefficient (Wildman–Crippen LogP) is 2.26. The maximum atomic E-state index is 12.9. The Bertz CT molecular complexity index is 1180. The molecule has 2 aromatic carbocycles. The van der Waals surface area contributed by atoms with Crippen LogP contribution in [0.1, 0.15) is 34.3 Å². The summed E-state index contributed by atoms with van der Waals surface area (Å²) in [6.45, 7) is 4.27. The fourth-order valence-corrected chi connectivity index (χ4v) is 5.47. The topological polar surface area (TPSA) is 113 Å². The lowest BCUT2D eigenvalue weighted by Gasteiger charge is -2.31. The standard InChI is InChI=1S/C21H27N3O5S2/c1-15-6-9-17(10-7-15)23-31(28,29)19-11-8-16(2)20(13-19)21(25)22-18-5-4-12-24(14-18)30(3,26)27/h6-11,13,18,23H,4-5,12,14H2,1-3H3,(H,22,25). The SMILES string of the molecule is Cc1ccc(NS(=O)(=O)c2ccc(C)c(C(=O)NC3CCCN(S(C)(=O)=O)C3)c2)cc1. The molecule has 0 radical (unpaired) electrons. The number of benzene rings is 2. The summed E-state index contributed by atoms with van der Waals surface area (Å²) in [5.74, 6) is -0.426. The molecule has 2 aromatic rings. The van der Waals surface area contributed by atoms with E-state index in [0.717, 1.165) is 11.8 Å². The zero-order chi connectivity index (χ0) is 22.8. The summed E-state index contributed by atoms with van der Waals surface area (Å²) in [5, 5.41) is 2.85. The molecule has 31 heavy (non-hydrogen) atoms. The van der Waals surface area contributed by atoms with Gasteiger partial charge in [0.1, 0.15) is 0 Å². The third kappa shape index (κ3) is 5.84. The van der Waals surface area contributed by atoms with Crippen LogP contribution in [0.5, 0.6) is 0 Å². The van der Waals surface area contributed by atoms with E-state index in [0.29, 0.717) is 30.6 Å². The van der Waals surface area contributed by atoms with Gasteiger partial charge in [0.15, 0.2) is 0 Å². The first kappa shape index (κ1) is 23.2. The van der Waals surface area contributed by atoms with Crippen molar-refractivity contribution >= 4 is 31.6 Å². The molecule has 10 heteroatoms. The summed E-state index contributed by atoms with van der Waals surface area (Å²) in [4.78, 5) is 12.8. The first-order valence-corrected chi connectivity index (χ1v) is 13.2. The lowest BCUT2D eigenvalue weighted by Crippen LogP contribution is -2.49. The van der Waals surface area contributed by atoms with Crippen molar-refractivity contribution in [1.82, 2.24) is 9.62 Å². The van der Waals surface area contributed by atoms with Crippen molar-refractivity contribution < 1.29 is 21.6 Å². The predicted molar refractivity (Wildman–Crippen MR) is 120 cm³/mol. The number of sulfonamides is 2. The van der Waals surface area contributed by atoms with E-state index in [4.69, 9.17) is 0 Å². The van der Waals surface area contributed by atoms with Crippen LogP contribution in [0.25, 0.3) is 0 Å². The Labute approximate surface area is 183 Å². The molecule has 0 bridgehead atoms. The normalized spacial score (nSPS) is 17.8. The molecule has 1 unspecified atom stereocenters. The molecule has 1 amide bonds. The summed E-state index contributed by atoms with van der Waals surface area (Å²) < 4.78 is 53.1. The van der Waals surface area contributed by atoms with Gasteiger partial charge in [0.05, 0.1) is 11.2 Å². The number of carbonyl (C=O) groups is 1. The van der Waals surface area contributed by atoms with E-state index in [9.17, 15) is 21.6 Å². The van der Waals surface area contributed by atoms with E-state index in [1.807, 2.05) is 6.92 Å². The number of carbonyl (C=O) groups excluding carboxylic acids is 1. The van der Waals surface area contributed by atoms with Gasteiger partial charge in [0.25, 0.3) is 15.9 Å². The highest BCUT2D eigenvalue weighted by molar-refractivity contribution is 7.92. The Morgan fingerprint density at radius 1 is 1.03 bits per heavy atom. The van der Waals surface area contributed by atoms with E-state index < -0.39 is 26.0 Å². The number of rotatable bonds is 6. The van der Waals surface area contributed by atoms with Gasteiger partial charge in [-0.1, -0.05) is 23.8 Å². The zero-order valence-corrected chi connectivity index (χ0v) is 19.4. The highest BCUT2D eigenvalue weighted by Gasteiger charge is 2.27. The quantitative estimate of drug-likeness (QED) is 0.680. The van der Waals surface area contributed by atoms with E-state index in [-0.39, 0.29) is 23.0 Å². The lowest BCUT2D eigenvalue weighted by atomic mass is 10.0. The van der Waals surface area contributed by atoms with Crippen molar-refractivity contribution in [2.45, 2.75) is 37.6 Å². The number of hydrogen-bond donors (Lipinski definition) is 2. The largest absolute Gasteiger partial charge is 0.348 e. The molecule has 168 valence electrons. The maximum absolute atomic E-state index is 12.9. The second-order valence-electron chi connectivity index (χ2n) is 7.88. The monoisotopic (exact) mass is 465 g/mol. The van der Waals surface area contributed by atoms with Crippen molar-refractivity contribution in [3.8, 4) is 0 Å². The number of amides is 1. The van der Waals surface area contributed by atoms with Crippen LogP contribution < -0.4 is 10.0 Å². The number of nitrogens with zero attached hydrogens (tertiary/aromatic N) is 1. The molecular formula is C21H27N3O5S2. The zero-order valence-electron chi connectivity index (χ0n) is 17.8.